The van der Waals surface area contributed by atoms with Gasteiger partial charge in [-0.25, -0.2) is 0 Å². The summed E-state index contributed by atoms with van der Waals surface area (Å²) in [5.41, 5.74) is 2.45. The Labute approximate surface area is 149 Å². The van der Waals surface area contributed by atoms with E-state index in [1.807, 2.05) is 36.4 Å². The number of rotatable bonds is 5. The van der Waals surface area contributed by atoms with Gasteiger partial charge in [0.2, 0.25) is 5.91 Å². The van der Waals surface area contributed by atoms with E-state index < -0.39 is 0 Å². The molecule has 124 valence electrons. The third-order valence-electron chi connectivity index (χ3n) is 3.29. The van der Waals surface area contributed by atoms with Crippen LogP contribution in [0.1, 0.15) is 16.7 Å². The first-order valence-electron chi connectivity index (χ1n) is 7.48. The molecule has 2 aromatic carbocycles. The van der Waals surface area contributed by atoms with Crippen molar-refractivity contribution < 1.29 is 9.53 Å². The zero-order valence-corrected chi connectivity index (χ0v) is 14.0. The van der Waals surface area contributed by atoms with Crippen LogP contribution in [0.4, 0.5) is 0 Å². The van der Waals surface area contributed by atoms with E-state index in [9.17, 15) is 4.79 Å². The van der Waals surface area contributed by atoms with Crippen molar-refractivity contribution >= 4 is 29.1 Å². The molecule has 1 saturated heterocycles. The lowest BCUT2D eigenvalue weighted by Gasteiger charge is -2.06. The smallest absolute Gasteiger partial charge is 0.236 e. The first kappa shape index (κ1) is 16.7. The fraction of sp³-hybridized carbons (Fsp3) is 0.111. The maximum atomic E-state index is 11.1. The molecule has 25 heavy (non-hydrogen) atoms. The minimum absolute atomic E-state index is 0.0582. The van der Waals surface area contributed by atoms with Crippen LogP contribution in [-0.2, 0) is 11.4 Å². The molecule has 0 spiro atoms. The van der Waals surface area contributed by atoms with Gasteiger partial charge in [-0.2, -0.15) is 10.4 Å². The number of amidine groups is 1. The molecule has 1 amide bonds. The summed E-state index contributed by atoms with van der Waals surface area (Å²) in [7, 11) is 0. The Morgan fingerprint density at radius 3 is 2.84 bits per heavy atom. The minimum Gasteiger partial charge on any atom is -0.489 e. The molecule has 0 saturated carbocycles. The second-order valence-corrected chi connectivity index (χ2v) is 6.12. The Hall–Kier alpha value is -3.11. The summed E-state index contributed by atoms with van der Waals surface area (Å²) in [4.78, 5) is 11.1. The van der Waals surface area contributed by atoms with Gasteiger partial charge in [0, 0.05) is 0 Å². The van der Waals surface area contributed by atoms with Crippen LogP contribution in [-0.4, -0.2) is 23.0 Å². The van der Waals surface area contributed by atoms with Gasteiger partial charge in [-0.05, 0) is 35.4 Å². The van der Waals surface area contributed by atoms with Gasteiger partial charge >= 0.3 is 0 Å². The van der Waals surface area contributed by atoms with Crippen LogP contribution < -0.4 is 10.1 Å². The van der Waals surface area contributed by atoms with Crippen LogP contribution in [0.15, 0.2) is 58.7 Å². The lowest BCUT2D eigenvalue weighted by molar-refractivity contribution is -0.116. The van der Waals surface area contributed by atoms with E-state index in [4.69, 9.17) is 10.00 Å². The Morgan fingerprint density at radius 1 is 1.28 bits per heavy atom. The molecular formula is C18H14N4O2S. The van der Waals surface area contributed by atoms with E-state index >= 15 is 0 Å². The average molecular weight is 350 g/mol. The lowest BCUT2D eigenvalue weighted by Crippen LogP contribution is -2.19. The highest BCUT2D eigenvalue weighted by molar-refractivity contribution is 8.15. The molecular weight excluding hydrogens is 336 g/mol. The maximum Gasteiger partial charge on any atom is 0.236 e. The number of thioether (sulfide) groups is 1. The van der Waals surface area contributed by atoms with Crippen molar-refractivity contribution in [2.45, 2.75) is 6.61 Å². The van der Waals surface area contributed by atoms with Gasteiger partial charge < -0.3 is 10.1 Å². The van der Waals surface area contributed by atoms with Gasteiger partial charge in [0.1, 0.15) is 12.4 Å². The monoisotopic (exact) mass is 350 g/mol. The molecule has 6 nitrogen and oxygen atoms in total. The predicted molar refractivity (Wildman–Crippen MR) is 97.6 cm³/mol. The molecule has 0 atom stereocenters. The predicted octanol–water partition coefficient (Wildman–Crippen LogP) is 2.69. The summed E-state index contributed by atoms with van der Waals surface area (Å²) in [5.74, 6) is 1.04. The molecule has 3 rings (SSSR count). The molecule has 0 aromatic heterocycles. The number of benzene rings is 2. The van der Waals surface area contributed by atoms with E-state index in [2.05, 4.69) is 21.6 Å². The largest absolute Gasteiger partial charge is 0.489 e. The molecule has 0 aliphatic carbocycles. The van der Waals surface area contributed by atoms with Gasteiger partial charge in [-0.3, -0.25) is 4.79 Å². The van der Waals surface area contributed by atoms with Crippen LogP contribution in [0, 0.1) is 11.3 Å². The first-order chi connectivity index (χ1) is 12.2. The van der Waals surface area contributed by atoms with Gasteiger partial charge in [0.25, 0.3) is 0 Å². The molecule has 1 heterocycles. The van der Waals surface area contributed by atoms with Crippen molar-refractivity contribution in [3.05, 3.63) is 65.2 Å². The highest BCUT2D eigenvalue weighted by Crippen LogP contribution is 2.15. The fourth-order valence-electron chi connectivity index (χ4n) is 2.05. The molecule has 1 N–H and O–H groups in total. The van der Waals surface area contributed by atoms with Crippen LogP contribution in [0.3, 0.4) is 0 Å². The lowest BCUT2D eigenvalue weighted by atomic mass is 10.1. The molecule has 1 aliphatic rings. The summed E-state index contributed by atoms with van der Waals surface area (Å²) >= 11 is 1.33. The third-order valence-corrected chi connectivity index (χ3v) is 4.15. The molecule has 0 bridgehead atoms. The molecule has 0 unspecified atom stereocenters. The number of hydrogen-bond donors (Lipinski definition) is 1. The van der Waals surface area contributed by atoms with Gasteiger partial charge in [0.15, 0.2) is 5.17 Å². The summed E-state index contributed by atoms with van der Waals surface area (Å²) < 4.78 is 5.76. The standard InChI is InChI=1S/C18H14N4O2S/c19-9-13-4-6-14(7-5-13)11-24-16-3-1-2-15(8-16)10-20-22-18-21-17(23)12-25-18/h1-8,10H,11-12H2,(H,21,22,23). The number of nitrogens with one attached hydrogen (secondary N) is 1. The summed E-state index contributed by atoms with van der Waals surface area (Å²) in [5, 5.41) is 19.9. The Balaban J connectivity index is 1.59. The van der Waals surface area contributed by atoms with E-state index in [0.29, 0.717) is 28.8 Å². The highest BCUT2D eigenvalue weighted by atomic mass is 32.2. The first-order valence-corrected chi connectivity index (χ1v) is 8.47. The van der Waals surface area contributed by atoms with Crippen LogP contribution in [0.25, 0.3) is 0 Å². The minimum atomic E-state index is -0.0582. The van der Waals surface area contributed by atoms with Gasteiger partial charge in [-0.15, -0.1) is 5.10 Å². The highest BCUT2D eigenvalue weighted by Gasteiger charge is 2.15. The number of carbonyl (C=O) groups excluding carboxylic acids is 1. The molecule has 1 fully saturated rings. The quantitative estimate of drug-likeness (QED) is 0.663. The van der Waals surface area contributed by atoms with Gasteiger partial charge in [-0.1, -0.05) is 36.0 Å². The van der Waals surface area contributed by atoms with Crippen molar-refractivity contribution in [2.24, 2.45) is 10.2 Å². The Morgan fingerprint density at radius 2 is 2.12 bits per heavy atom. The molecule has 7 heteroatoms. The fourth-order valence-corrected chi connectivity index (χ4v) is 2.68. The van der Waals surface area contributed by atoms with E-state index in [-0.39, 0.29) is 5.91 Å². The number of nitrogens with zero attached hydrogens (tertiary/aromatic N) is 3. The summed E-state index contributed by atoms with van der Waals surface area (Å²) in [6.45, 7) is 0.414. The second-order valence-electron chi connectivity index (χ2n) is 5.16. The van der Waals surface area contributed by atoms with Gasteiger partial charge in [0.05, 0.1) is 23.6 Å². The van der Waals surface area contributed by atoms with Crippen molar-refractivity contribution in [1.82, 2.24) is 5.32 Å². The number of amides is 1. The zero-order chi connectivity index (χ0) is 17.5. The van der Waals surface area contributed by atoms with E-state index in [1.54, 1.807) is 18.3 Å². The van der Waals surface area contributed by atoms with E-state index in [1.165, 1.54) is 11.8 Å². The number of hydrogen-bond acceptors (Lipinski definition) is 6. The van der Waals surface area contributed by atoms with E-state index in [0.717, 1.165) is 11.1 Å². The average Bonchev–Trinajstić information content (AvgIpc) is 3.06. The maximum absolute atomic E-state index is 11.1. The van der Waals surface area contributed by atoms with Crippen molar-refractivity contribution in [2.75, 3.05) is 5.75 Å². The van der Waals surface area contributed by atoms with Crippen LogP contribution in [0.5, 0.6) is 5.75 Å². The molecule has 1 aliphatic heterocycles. The van der Waals surface area contributed by atoms with Crippen LogP contribution in [0.2, 0.25) is 0 Å². The topological polar surface area (TPSA) is 86.8 Å². The van der Waals surface area contributed by atoms with Crippen LogP contribution >= 0.6 is 11.8 Å². The van der Waals surface area contributed by atoms with Crippen molar-refractivity contribution in [1.29, 1.82) is 5.26 Å². The number of ether oxygens (including phenoxy) is 1. The molecule has 0 radical (unpaired) electrons. The summed E-state index contributed by atoms with van der Waals surface area (Å²) in [6.07, 6.45) is 1.60. The normalized spacial score (nSPS) is 15.3. The van der Waals surface area contributed by atoms with Crippen molar-refractivity contribution in [3.8, 4) is 11.8 Å². The Kier molecular flexibility index (Phi) is 5.44. The third kappa shape index (κ3) is 4.93. The summed E-state index contributed by atoms with van der Waals surface area (Å²) in [6, 6.07) is 16.8. The van der Waals surface area contributed by atoms with Crippen molar-refractivity contribution in [3.63, 3.8) is 0 Å². The Bertz CT molecular complexity index is 869. The zero-order valence-electron chi connectivity index (χ0n) is 13.2. The number of carbonyl (C=O) groups is 1. The molecule has 2 aromatic rings. The second kappa shape index (κ2) is 8.13. The number of nitriles is 1. The SMILES string of the molecule is N#Cc1ccc(COc2cccc(C=NN=C3NC(=O)CS3)c2)cc1.